The Labute approximate surface area is 79.6 Å². The number of unbranched alkanes of at least 4 members (excludes halogenated alkanes) is 1. The quantitative estimate of drug-likeness (QED) is 0.403. The molecule has 78 valence electrons. The number of hydrogen-bond donors (Lipinski definition) is 0. The van der Waals surface area contributed by atoms with Crippen LogP contribution in [-0.4, -0.2) is 0 Å². The zero-order valence-corrected chi connectivity index (χ0v) is 7.71. The minimum atomic E-state index is -1.75. The maximum absolute atomic E-state index is 13.0. The van der Waals surface area contributed by atoms with Gasteiger partial charge in [0.15, 0.2) is 23.3 Å². The second-order valence-electron chi connectivity index (χ2n) is 3.06. The van der Waals surface area contributed by atoms with Crippen molar-refractivity contribution in [2.24, 2.45) is 0 Å². The molecule has 1 aromatic rings. The van der Waals surface area contributed by atoms with Crippen molar-refractivity contribution >= 4 is 0 Å². The average Bonchev–Trinajstić information content (AvgIpc) is 2.18. The van der Waals surface area contributed by atoms with E-state index in [-0.39, 0.29) is 12.0 Å². The van der Waals surface area contributed by atoms with E-state index in [4.69, 9.17) is 0 Å². The highest BCUT2D eigenvalue weighted by molar-refractivity contribution is 5.21. The molecule has 0 fully saturated rings. The van der Waals surface area contributed by atoms with Crippen LogP contribution < -0.4 is 0 Å². The molecule has 0 atom stereocenters. The van der Waals surface area contributed by atoms with E-state index in [2.05, 4.69) is 0 Å². The van der Waals surface area contributed by atoms with E-state index >= 15 is 0 Å². The maximum atomic E-state index is 13.0. The number of aryl methyl sites for hydroxylation is 1. The Bertz CT molecular complexity index is 333. The van der Waals surface area contributed by atoms with Gasteiger partial charge in [0.25, 0.3) is 0 Å². The van der Waals surface area contributed by atoms with Gasteiger partial charge in [0.2, 0.25) is 0 Å². The molecular weight excluding hydrogens is 196 g/mol. The van der Waals surface area contributed by atoms with Gasteiger partial charge in [-0.15, -0.1) is 0 Å². The summed E-state index contributed by atoms with van der Waals surface area (Å²) in [7, 11) is 0. The lowest BCUT2D eigenvalue weighted by Gasteiger charge is -2.04. The highest BCUT2D eigenvalue weighted by Gasteiger charge is 2.17. The van der Waals surface area contributed by atoms with Gasteiger partial charge in [0.05, 0.1) is 0 Å². The van der Waals surface area contributed by atoms with Crippen LogP contribution in [0.15, 0.2) is 6.07 Å². The van der Waals surface area contributed by atoms with E-state index in [1.165, 1.54) is 0 Å². The van der Waals surface area contributed by atoms with Crippen LogP contribution in [0.1, 0.15) is 25.3 Å². The van der Waals surface area contributed by atoms with Crippen molar-refractivity contribution in [1.29, 1.82) is 0 Å². The van der Waals surface area contributed by atoms with E-state index in [1.807, 2.05) is 6.92 Å². The van der Waals surface area contributed by atoms with Crippen LogP contribution in [0, 0.1) is 23.3 Å². The number of rotatable bonds is 3. The first-order chi connectivity index (χ1) is 6.57. The van der Waals surface area contributed by atoms with E-state index in [0.29, 0.717) is 12.5 Å². The summed E-state index contributed by atoms with van der Waals surface area (Å²) in [4.78, 5) is 0. The number of hydrogen-bond acceptors (Lipinski definition) is 0. The van der Waals surface area contributed by atoms with E-state index in [0.717, 1.165) is 6.42 Å². The molecule has 0 bridgehead atoms. The predicted molar refractivity (Wildman–Crippen MR) is 44.9 cm³/mol. The Morgan fingerprint density at radius 1 is 1.00 bits per heavy atom. The fourth-order valence-electron chi connectivity index (χ4n) is 1.17. The van der Waals surface area contributed by atoms with Crippen LogP contribution in [0.2, 0.25) is 0 Å². The van der Waals surface area contributed by atoms with Crippen molar-refractivity contribution < 1.29 is 17.6 Å². The van der Waals surface area contributed by atoms with E-state index in [9.17, 15) is 17.6 Å². The van der Waals surface area contributed by atoms with Crippen LogP contribution in [0.5, 0.6) is 0 Å². The molecule has 0 spiro atoms. The molecule has 0 aromatic heterocycles. The van der Waals surface area contributed by atoms with Gasteiger partial charge in [-0.2, -0.15) is 0 Å². The summed E-state index contributed by atoms with van der Waals surface area (Å²) < 4.78 is 50.8. The Kier molecular flexibility index (Phi) is 3.49. The standard InChI is InChI=1S/C10H10F4/c1-2-3-4-6-5-7(11)9(13)10(14)8(6)12/h5H,2-4H2,1H3. The van der Waals surface area contributed by atoms with Gasteiger partial charge >= 0.3 is 0 Å². The third kappa shape index (κ3) is 2.05. The van der Waals surface area contributed by atoms with Gasteiger partial charge in [0, 0.05) is 0 Å². The lowest BCUT2D eigenvalue weighted by atomic mass is 10.1. The van der Waals surface area contributed by atoms with Crippen LogP contribution >= 0.6 is 0 Å². The summed E-state index contributed by atoms with van der Waals surface area (Å²) in [5.41, 5.74) is -0.108. The van der Waals surface area contributed by atoms with Crippen LogP contribution in [0.3, 0.4) is 0 Å². The molecule has 1 rings (SSSR count). The minimum Gasteiger partial charge on any atom is -0.204 e. The summed E-state index contributed by atoms with van der Waals surface area (Å²) in [6.45, 7) is 1.87. The van der Waals surface area contributed by atoms with Crippen molar-refractivity contribution in [1.82, 2.24) is 0 Å². The van der Waals surface area contributed by atoms with Crippen molar-refractivity contribution in [2.75, 3.05) is 0 Å². The molecule has 0 heterocycles. The van der Waals surface area contributed by atoms with Crippen LogP contribution in [0.4, 0.5) is 17.6 Å². The molecule has 0 radical (unpaired) electrons. The van der Waals surface area contributed by atoms with Gasteiger partial charge in [-0.25, -0.2) is 17.6 Å². The van der Waals surface area contributed by atoms with Crippen molar-refractivity contribution in [2.45, 2.75) is 26.2 Å². The predicted octanol–water partition coefficient (Wildman–Crippen LogP) is 3.59. The molecule has 1 aromatic carbocycles. The number of benzene rings is 1. The highest BCUT2D eigenvalue weighted by atomic mass is 19.2. The zero-order chi connectivity index (χ0) is 10.7. The molecule has 0 amide bonds. The molecule has 0 unspecified atom stereocenters. The Morgan fingerprint density at radius 3 is 2.21 bits per heavy atom. The molecule has 0 N–H and O–H groups in total. The summed E-state index contributed by atoms with van der Waals surface area (Å²) >= 11 is 0. The van der Waals surface area contributed by atoms with Gasteiger partial charge in [-0.3, -0.25) is 0 Å². The molecule has 14 heavy (non-hydrogen) atoms. The molecule has 0 aliphatic carbocycles. The molecule has 0 aliphatic rings. The topological polar surface area (TPSA) is 0 Å². The van der Waals surface area contributed by atoms with Crippen LogP contribution in [-0.2, 0) is 6.42 Å². The normalized spacial score (nSPS) is 10.6. The molecule has 0 saturated heterocycles. The monoisotopic (exact) mass is 206 g/mol. The van der Waals surface area contributed by atoms with Crippen molar-refractivity contribution in [3.05, 3.63) is 34.9 Å². The maximum Gasteiger partial charge on any atom is 0.197 e. The molecule has 0 aliphatic heterocycles. The molecule has 4 heteroatoms. The highest BCUT2D eigenvalue weighted by Crippen LogP contribution is 2.19. The van der Waals surface area contributed by atoms with Crippen molar-refractivity contribution in [3.8, 4) is 0 Å². The third-order valence-corrected chi connectivity index (χ3v) is 1.98. The Morgan fingerprint density at radius 2 is 1.64 bits per heavy atom. The number of halogens is 4. The molecule has 0 nitrogen and oxygen atoms in total. The first kappa shape index (κ1) is 11.0. The minimum absolute atomic E-state index is 0.108. The van der Waals surface area contributed by atoms with Gasteiger partial charge < -0.3 is 0 Å². The van der Waals surface area contributed by atoms with E-state index in [1.54, 1.807) is 0 Å². The van der Waals surface area contributed by atoms with Gasteiger partial charge in [0.1, 0.15) is 0 Å². The smallest absolute Gasteiger partial charge is 0.197 e. The fraction of sp³-hybridized carbons (Fsp3) is 0.400. The first-order valence-electron chi connectivity index (χ1n) is 4.39. The second kappa shape index (κ2) is 4.44. The van der Waals surface area contributed by atoms with Gasteiger partial charge in [-0.05, 0) is 24.5 Å². The molecular formula is C10H10F4. The lowest BCUT2D eigenvalue weighted by molar-refractivity contribution is 0.403. The largest absolute Gasteiger partial charge is 0.204 e. The summed E-state index contributed by atoms with van der Waals surface area (Å²) in [5.74, 6) is -6.09. The van der Waals surface area contributed by atoms with Crippen molar-refractivity contribution in [3.63, 3.8) is 0 Å². The summed E-state index contributed by atoms with van der Waals surface area (Å²) in [6.07, 6.45) is 1.61. The Hall–Kier alpha value is -1.06. The SMILES string of the molecule is CCCCc1cc(F)c(F)c(F)c1F. The Balaban J connectivity index is 3.06. The second-order valence-corrected chi connectivity index (χ2v) is 3.06. The fourth-order valence-corrected chi connectivity index (χ4v) is 1.17. The third-order valence-electron chi connectivity index (χ3n) is 1.98. The zero-order valence-electron chi connectivity index (χ0n) is 7.71. The van der Waals surface area contributed by atoms with Gasteiger partial charge in [-0.1, -0.05) is 13.3 Å². The summed E-state index contributed by atoms with van der Waals surface area (Å²) in [6, 6.07) is 0.712. The van der Waals surface area contributed by atoms with Crippen LogP contribution in [0.25, 0.3) is 0 Å². The lowest BCUT2D eigenvalue weighted by Crippen LogP contribution is -2.01. The van der Waals surface area contributed by atoms with E-state index < -0.39 is 23.3 Å². The summed E-state index contributed by atoms with van der Waals surface area (Å²) in [5, 5.41) is 0. The average molecular weight is 206 g/mol. The molecule has 0 saturated carbocycles. The first-order valence-corrected chi connectivity index (χ1v) is 4.39.